The van der Waals surface area contributed by atoms with Crippen LogP contribution in [0.5, 0.6) is 0 Å². The number of aryl methyl sites for hydroxylation is 1. The van der Waals surface area contributed by atoms with E-state index in [1.54, 1.807) is 36.0 Å². The van der Waals surface area contributed by atoms with Gasteiger partial charge < -0.3 is 16.0 Å². The molecule has 0 aromatic carbocycles. The number of hydrogen-bond donors (Lipinski definition) is 2. The summed E-state index contributed by atoms with van der Waals surface area (Å²) in [6.45, 7) is 3.92. The van der Waals surface area contributed by atoms with Crippen LogP contribution in [0, 0.1) is 6.92 Å². The Morgan fingerprint density at radius 1 is 1.27 bits per heavy atom. The minimum absolute atomic E-state index is 0.00993. The molecular formula is C23H27N7O3. The summed E-state index contributed by atoms with van der Waals surface area (Å²) in [7, 11) is 0. The van der Waals surface area contributed by atoms with Gasteiger partial charge in [0, 0.05) is 30.7 Å². The van der Waals surface area contributed by atoms with Crippen LogP contribution >= 0.6 is 0 Å². The molecule has 0 saturated heterocycles. The maximum Gasteiger partial charge on any atom is 0.263 e. The SMILES string of the molecule is CC(=O)c1c(C)c2cnc(Nc3ccc(N(C=O)CCN)cn3)nc2n(C2CCCC2)c1=O. The van der Waals surface area contributed by atoms with E-state index in [-0.39, 0.29) is 28.9 Å². The van der Waals surface area contributed by atoms with Crippen LogP contribution in [0.25, 0.3) is 11.0 Å². The number of pyridine rings is 2. The number of carbonyl (C=O) groups is 2. The zero-order valence-corrected chi connectivity index (χ0v) is 18.7. The lowest BCUT2D eigenvalue weighted by Crippen LogP contribution is -2.30. The van der Waals surface area contributed by atoms with Gasteiger partial charge in [0.05, 0.1) is 17.4 Å². The Bertz CT molecular complexity index is 1250. The monoisotopic (exact) mass is 449 g/mol. The summed E-state index contributed by atoms with van der Waals surface area (Å²) in [5.41, 5.74) is 7.18. The topological polar surface area (TPSA) is 136 Å². The van der Waals surface area contributed by atoms with Crippen LogP contribution in [-0.2, 0) is 4.79 Å². The number of nitrogens with zero attached hydrogens (tertiary/aromatic N) is 5. The Hall–Kier alpha value is -3.66. The lowest BCUT2D eigenvalue weighted by molar-refractivity contribution is -0.107. The largest absolute Gasteiger partial charge is 0.329 e. The van der Waals surface area contributed by atoms with Gasteiger partial charge in [-0.2, -0.15) is 4.98 Å². The van der Waals surface area contributed by atoms with Crippen LogP contribution in [0.3, 0.4) is 0 Å². The maximum atomic E-state index is 13.3. The zero-order valence-electron chi connectivity index (χ0n) is 18.7. The van der Waals surface area contributed by atoms with Gasteiger partial charge in [-0.05, 0) is 44.4 Å². The number of carbonyl (C=O) groups excluding carboxylic acids is 2. The predicted molar refractivity (Wildman–Crippen MR) is 126 cm³/mol. The van der Waals surface area contributed by atoms with Crippen LogP contribution in [0.2, 0.25) is 0 Å². The number of nitrogens with one attached hydrogen (secondary N) is 1. The van der Waals surface area contributed by atoms with E-state index in [1.807, 2.05) is 0 Å². The molecule has 33 heavy (non-hydrogen) atoms. The lowest BCUT2D eigenvalue weighted by Gasteiger charge is -2.19. The highest BCUT2D eigenvalue weighted by atomic mass is 16.1. The smallest absolute Gasteiger partial charge is 0.263 e. The number of fused-ring (bicyclic) bond motifs is 1. The van der Waals surface area contributed by atoms with Gasteiger partial charge in [-0.3, -0.25) is 19.0 Å². The van der Waals surface area contributed by atoms with Crippen LogP contribution in [-0.4, -0.2) is 44.8 Å². The Morgan fingerprint density at radius 3 is 2.64 bits per heavy atom. The molecule has 3 N–H and O–H groups in total. The third kappa shape index (κ3) is 4.34. The molecule has 0 spiro atoms. The first-order valence-corrected chi connectivity index (χ1v) is 11.0. The fourth-order valence-electron chi connectivity index (χ4n) is 4.43. The molecule has 10 heteroatoms. The van der Waals surface area contributed by atoms with E-state index >= 15 is 0 Å². The van der Waals surface area contributed by atoms with Gasteiger partial charge in [0.25, 0.3) is 5.56 Å². The Kier molecular flexibility index (Phi) is 6.45. The number of rotatable bonds is 8. The van der Waals surface area contributed by atoms with Gasteiger partial charge in [0.15, 0.2) is 5.78 Å². The zero-order chi connectivity index (χ0) is 23.5. The first-order valence-electron chi connectivity index (χ1n) is 11.0. The summed E-state index contributed by atoms with van der Waals surface area (Å²) in [5, 5.41) is 3.74. The van der Waals surface area contributed by atoms with Gasteiger partial charge >= 0.3 is 0 Å². The highest BCUT2D eigenvalue weighted by molar-refractivity contribution is 5.99. The predicted octanol–water partition coefficient (Wildman–Crippen LogP) is 2.48. The van der Waals surface area contributed by atoms with Crippen molar-refractivity contribution in [2.75, 3.05) is 23.3 Å². The average Bonchev–Trinajstić information content (AvgIpc) is 3.32. The standard InChI is InChI=1S/C23H27N7O3/c1-14-18-12-26-23(27-19-8-7-17(11-25-19)29(13-31)10-9-24)28-21(18)30(16-5-3-4-6-16)22(33)20(14)15(2)32/h7-8,11-13,16H,3-6,9-10,24H2,1-2H3,(H,25,26,27,28). The molecule has 3 aromatic rings. The van der Waals surface area contributed by atoms with Crippen molar-refractivity contribution < 1.29 is 9.59 Å². The van der Waals surface area contributed by atoms with Crippen molar-refractivity contribution in [1.82, 2.24) is 19.5 Å². The first-order chi connectivity index (χ1) is 15.9. The minimum Gasteiger partial charge on any atom is -0.329 e. The van der Waals surface area contributed by atoms with Gasteiger partial charge in [0.2, 0.25) is 12.4 Å². The van der Waals surface area contributed by atoms with E-state index in [9.17, 15) is 14.4 Å². The first kappa shape index (κ1) is 22.5. The highest BCUT2D eigenvalue weighted by Gasteiger charge is 2.25. The summed E-state index contributed by atoms with van der Waals surface area (Å²) in [6.07, 6.45) is 7.74. The van der Waals surface area contributed by atoms with Gasteiger partial charge in [0.1, 0.15) is 11.5 Å². The molecule has 0 atom stereocenters. The fourth-order valence-corrected chi connectivity index (χ4v) is 4.43. The number of ketones is 1. The van der Waals surface area contributed by atoms with Gasteiger partial charge in [-0.15, -0.1) is 0 Å². The number of hydrogen-bond acceptors (Lipinski definition) is 8. The highest BCUT2D eigenvalue weighted by Crippen LogP contribution is 2.32. The second-order valence-electron chi connectivity index (χ2n) is 8.21. The Morgan fingerprint density at radius 2 is 2.03 bits per heavy atom. The van der Waals surface area contributed by atoms with Gasteiger partial charge in [-0.25, -0.2) is 9.97 Å². The second kappa shape index (κ2) is 9.45. The van der Waals surface area contributed by atoms with E-state index in [0.29, 0.717) is 47.6 Å². The third-order valence-electron chi connectivity index (χ3n) is 6.07. The number of anilines is 3. The number of nitrogens with two attached hydrogens (primary N) is 1. The molecule has 1 amide bonds. The van der Waals surface area contributed by atoms with E-state index in [0.717, 1.165) is 25.7 Å². The van der Waals surface area contributed by atoms with Crippen molar-refractivity contribution in [3.63, 3.8) is 0 Å². The molecule has 0 unspecified atom stereocenters. The van der Waals surface area contributed by atoms with E-state index in [4.69, 9.17) is 5.73 Å². The van der Waals surface area contributed by atoms with Crippen LogP contribution in [0.15, 0.2) is 29.3 Å². The van der Waals surface area contributed by atoms with Crippen LogP contribution in [0.4, 0.5) is 17.5 Å². The average molecular weight is 450 g/mol. The summed E-state index contributed by atoms with van der Waals surface area (Å²) >= 11 is 0. The lowest BCUT2D eigenvalue weighted by atomic mass is 10.0. The number of Topliss-reactive ketones (excluding diaryl/α,β-unsaturated/α-hetero) is 1. The van der Waals surface area contributed by atoms with Crippen molar-refractivity contribution in [3.8, 4) is 0 Å². The van der Waals surface area contributed by atoms with Crippen molar-refractivity contribution in [3.05, 3.63) is 46.0 Å². The molecule has 0 bridgehead atoms. The third-order valence-corrected chi connectivity index (χ3v) is 6.07. The number of aromatic nitrogens is 4. The fraction of sp³-hybridized carbons (Fsp3) is 0.391. The van der Waals surface area contributed by atoms with Crippen molar-refractivity contribution in [1.29, 1.82) is 0 Å². The minimum atomic E-state index is -0.291. The van der Waals surface area contributed by atoms with Crippen LogP contribution in [0.1, 0.15) is 54.6 Å². The Balaban J connectivity index is 1.74. The molecule has 3 aromatic heterocycles. The molecule has 172 valence electrons. The summed E-state index contributed by atoms with van der Waals surface area (Å²) in [4.78, 5) is 51.6. The molecule has 1 fully saturated rings. The van der Waals surface area contributed by atoms with Gasteiger partial charge in [-0.1, -0.05) is 12.8 Å². The molecule has 0 aliphatic heterocycles. The summed E-state index contributed by atoms with van der Waals surface area (Å²) in [5.74, 6) is 0.526. The summed E-state index contributed by atoms with van der Waals surface area (Å²) < 4.78 is 1.67. The van der Waals surface area contributed by atoms with Crippen molar-refractivity contribution >= 4 is 40.7 Å². The molecule has 10 nitrogen and oxygen atoms in total. The Labute approximate surface area is 190 Å². The second-order valence-corrected chi connectivity index (χ2v) is 8.21. The maximum absolute atomic E-state index is 13.3. The normalized spacial score (nSPS) is 13.9. The quantitative estimate of drug-likeness (QED) is 0.395. The molecule has 1 saturated carbocycles. The molecule has 3 heterocycles. The van der Waals surface area contributed by atoms with E-state index < -0.39 is 0 Å². The van der Waals surface area contributed by atoms with E-state index in [2.05, 4.69) is 20.3 Å². The number of amides is 1. The molecular weight excluding hydrogens is 422 g/mol. The van der Waals surface area contributed by atoms with E-state index in [1.165, 1.54) is 11.8 Å². The molecule has 0 radical (unpaired) electrons. The molecule has 4 rings (SSSR count). The summed E-state index contributed by atoms with van der Waals surface area (Å²) in [6, 6.07) is 3.47. The molecule has 1 aliphatic rings. The van der Waals surface area contributed by atoms with Crippen LogP contribution < -0.4 is 21.5 Å². The van der Waals surface area contributed by atoms with Crippen molar-refractivity contribution in [2.24, 2.45) is 5.73 Å². The molecule has 1 aliphatic carbocycles. The van der Waals surface area contributed by atoms with Crippen molar-refractivity contribution in [2.45, 2.75) is 45.6 Å².